The number of allylic oxidation sites excluding steroid dienone is 1. The Kier molecular flexibility index (Phi) is 3.13. The number of aryl methyl sites for hydroxylation is 1. The fourth-order valence-corrected chi connectivity index (χ4v) is 2.66. The lowest BCUT2D eigenvalue weighted by Gasteiger charge is -2.28. The van der Waals surface area contributed by atoms with Crippen LogP contribution in [0.25, 0.3) is 0 Å². The van der Waals surface area contributed by atoms with Gasteiger partial charge in [-0.05, 0) is 50.3 Å². The molecule has 1 aliphatic heterocycles. The van der Waals surface area contributed by atoms with Gasteiger partial charge in [0.05, 0.1) is 0 Å². The number of halogens is 1. The van der Waals surface area contributed by atoms with Gasteiger partial charge in [-0.2, -0.15) is 0 Å². The van der Waals surface area contributed by atoms with Gasteiger partial charge in [-0.3, -0.25) is 4.79 Å². The molecular weight excluding hydrogens is 241 g/mol. The largest absolute Gasteiger partial charge is 0.338 e. The van der Waals surface area contributed by atoms with Crippen LogP contribution in [0.15, 0.2) is 29.3 Å². The summed E-state index contributed by atoms with van der Waals surface area (Å²) in [4.78, 5) is 14.1. The van der Waals surface area contributed by atoms with Crippen molar-refractivity contribution < 1.29 is 9.18 Å². The molecule has 2 aliphatic rings. The number of piperidine rings is 1. The lowest BCUT2D eigenvalue weighted by molar-refractivity contribution is 0.0743. The molecule has 1 amide bonds. The highest BCUT2D eigenvalue weighted by Gasteiger charge is 2.25. The van der Waals surface area contributed by atoms with Crippen LogP contribution in [0.3, 0.4) is 0 Å². The predicted octanol–water partition coefficient (Wildman–Crippen LogP) is 3.46. The molecule has 1 saturated carbocycles. The van der Waals surface area contributed by atoms with E-state index >= 15 is 0 Å². The van der Waals surface area contributed by atoms with E-state index in [1.165, 1.54) is 18.9 Å². The van der Waals surface area contributed by atoms with Gasteiger partial charge in [0.1, 0.15) is 5.82 Å². The molecule has 0 radical (unpaired) electrons. The topological polar surface area (TPSA) is 20.3 Å². The lowest BCUT2D eigenvalue weighted by Crippen LogP contribution is -2.36. The maximum atomic E-state index is 13.5. The molecule has 3 heteroatoms. The van der Waals surface area contributed by atoms with Crippen molar-refractivity contribution >= 4 is 5.91 Å². The van der Waals surface area contributed by atoms with Crippen LogP contribution in [0, 0.1) is 12.7 Å². The Labute approximate surface area is 112 Å². The highest BCUT2D eigenvalue weighted by Crippen LogP contribution is 2.36. The van der Waals surface area contributed by atoms with Crippen molar-refractivity contribution in [2.45, 2.75) is 32.6 Å². The molecule has 1 heterocycles. The predicted molar refractivity (Wildman–Crippen MR) is 72.5 cm³/mol. The van der Waals surface area contributed by atoms with Crippen LogP contribution in [0.4, 0.5) is 4.39 Å². The van der Waals surface area contributed by atoms with Crippen LogP contribution < -0.4 is 0 Å². The summed E-state index contributed by atoms with van der Waals surface area (Å²) in [6.45, 7) is 3.25. The number of carbonyl (C=O) groups excluding carboxylic acids is 1. The Morgan fingerprint density at radius 2 is 1.74 bits per heavy atom. The molecule has 0 N–H and O–H groups in total. The average Bonchev–Trinajstić information content (AvgIpc) is 3.26. The zero-order chi connectivity index (χ0) is 13.4. The van der Waals surface area contributed by atoms with E-state index in [4.69, 9.17) is 0 Å². The number of benzene rings is 1. The maximum absolute atomic E-state index is 13.5. The molecule has 1 aliphatic carbocycles. The minimum Gasteiger partial charge on any atom is -0.338 e. The van der Waals surface area contributed by atoms with Crippen molar-refractivity contribution in [3.63, 3.8) is 0 Å². The summed E-state index contributed by atoms with van der Waals surface area (Å²) in [7, 11) is 0. The second-order valence-electron chi connectivity index (χ2n) is 5.46. The van der Waals surface area contributed by atoms with Gasteiger partial charge in [0.25, 0.3) is 5.91 Å². The van der Waals surface area contributed by atoms with Gasteiger partial charge < -0.3 is 4.90 Å². The van der Waals surface area contributed by atoms with Crippen LogP contribution in [-0.2, 0) is 0 Å². The Morgan fingerprint density at radius 1 is 1.11 bits per heavy atom. The zero-order valence-corrected chi connectivity index (χ0v) is 11.2. The monoisotopic (exact) mass is 259 g/mol. The molecule has 1 saturated heterocycles. The number of nitrogens with zero attached hydrogens (tertiary/aromatic N) is 1. The molecule has 19 heavy (non-hydrogen) atoms. The molecule has 2 fully saturated rings. The van der Waals surface area contributed by atoms with Gasteiger partial charge in [-0.15, -0.1) is 0 Å². The van der Waals surface area contributed by atoms with Crippen molar-refractivity contribution in [2.75, 3.05) is 13.1 Å². The number of carbonyl (C=O) groups is 1. The second kappa shape index (κ2) is 4.80. The van der Waals surface area contributed by atoms with E-state index in [0.717, 1.165) is 25.9 Å². The molecule has 0 bridgehead atoms. The number of hydrogen-bond donors (Lipinski definition) is 0. The third kappa shape index (κ3) is 2.55. The van der Waals surface area contributed by atoms with Gasteiger partial charge in [0, 0.05) is 18.7 Å². The summed E-state index contributed by atoms with van der Waals surface area (Å²) in [5, 5.41) is 0. The van der Waals surface area contributed by atoms with Crippen LogP contribution in [0.5, 0.6) is 0 Å². The SMILES string of the molecule is Cc1ccc(C(=O)N2CCC(=C3CC3)CC2)cc1F. The first kappa shape index (κ1) is 12.4. The van der Waals surface area contributed by atoms with Gasteiger partial charge in [-0.1, -0.05) is 17.2 Å². The summed E-state index contributed by atoms with van der Waals surface area (Å²) >= 11 is 0. The first-order valence-electron chi connectivity index (χ1n) is 6.90. The van der Waals surface area contributed by atoms with E-state index in [9.17, 15) is 9.18 Å². The summed E-state index contributed by atoms with van der Waals surface area (Å²) in [6, 6.07) is 4.74. The minimum absolute atomic E-state index is 0.0428. The summed E-state index contributed by atoms with van der Waals surface area (Å²) in [5.74, 6) is -0.345. The Hall–Kier alpha value is -1.64. The zero-order valence-electron chi connectivity index (χ0n) is 11.2. The first-order chi connectivity index (χ1) is 9.15. The fourth-order valence-electron chi connectivity index (χ4n) is 2.66. The number of rotatable bonds is 1. The van der Waals surface area contributed by atoms with E-state index in [-0.39, 0.29) is 11.7 Å². The second-order valence-corrected chi connectivity index (χ2v) is 5.46. The smallest absolute Gasteiger partial charge is 0.253 e. The summed E-state index contributed by atoms with van der Waals surface area (Å²) in [5.41, 5.74) is 4.20. The average molecular weight is 259 g/mol. The van der Waals surface area contributed by atoms with Crippen molar-refractivity contribution in [3.8, 4) is 0 Å². The lowest BCUT2D eigenvalue weighted by atomic mass is 10.0. The van der Waals surface area contributed by atoms with E-state index in [1.54, 1.807) is 30.2 Å². The number of likely N-dealkylation sites (tertiary alicyclic amines) is 1. The quantitative estimate of drug-likeness (QED) is 0.707. The molecule has 0 spiro atoms. The molecule has 0 unspecified atom stereocenters. The Bertz CT molecular complexity index is 546. The van der Waals surface area contributed by atoms with Gasteiger partial charge >= 0.3 is 0 Å². The van der Waals surface area contributed by atoms with Crippen LogP contribution >= 0.6 is 0 Å². The van der Waals surface area contributed by atoms with Crippen molar-refractivity contribution in [2.24, 2.45) is 0 Å². The van der Waals surface area contributed by atoms with Crippen molar-refractivity contribution in [1.29, 1.82) is 0 Å². The van der Waals surface area contributed by atoms with Crippen LogP contribution in [-0.4, -0.2) is 23.9 Å². The van der Waals surface area contributed by atoms with E-state index in [0.29, 0.717) is 11.1 Å². The summed E-state index contributed by atoms with van der Waals surface area (Å²) < 4.78 is 13.5. The fraction of sp³-hybridized carbons (Fsp3) is 0.438. The molecule has 3 rings (SSSR count). The molecule has 0 atom stereocenters. The van der Waals surface area contributed by atoms with E-state index < -0.39 is 0 Å². The van der Waals surface area contributed by atoms with E-state index in [1.807, 2.05) is 4.90 Å². The van der Waals surface area contributed by atoms with Crippen molar-refractivity contribution in [1.82, 2.24) is 4.90 Å². The Morgan fingerprint density at radius 3 is 2.32 bits per heavy atom. The number of amides is 1. The highest BCUT2D eigenvalue weighted by molar-refractivity contribution is 5.94. The van der Waals surface area contributed by atoms with Crippen LogP contribution in [0.1, 0.15) is 41.6 Å². The van der Waals surface area contributed by atoms with Gasteiger partial charge in [0.2, 0.25) is 0 Å². The maximum Gasteiger partial charge on any atom is 0.253 e. The third-order valence-electron chi connectivity index (χ3n) is 4.07. The molecule has 0 aromatic heterocycles. The summed E-state index contributed by atoms with van der Waals surface area (Å²) in [6.07, 6.45) is 4.50. The van der Waals surface area contributed by atoms with Gasteiger partial charge in [-0.25, -0.2) is 4.39 Å². The van der Waals surface area contributed by atoms with Crippen LogP contribution in [0.2, 0.25) is 0 Å². The minimum atomic E-state index is -0.302. The molecule has 100 valence electrons. The highest BCUT2D eigenvalue weighted by atomic mass is 19.1. The first-order valence-corrected chi connectivity index (χ1v) is 6.90. The number of hydrogen-bond acceptors (Lipinski definition) is 1. The molecule has 1 aromatic rings. The molecule has 2 nitrogen and oxygen atoms in total. The third-order valence-corrected chi connectivity index (χ3v) is 4.07. The van der Waals surface area contributed by atoms with Crippen molar-refractivity contribution in [3.05, 3.63) is 46.3 Å². The standard InChI is InChI=1S/C16H18FNO/c1-11-2-3-14(10-15(11)17)16(19)18-8-6-13(7-9-18)12-4-5-12/h2-3,10H,4-9H2,1H3. The van der Waals surface area contributed by atoms with Gasteiger partial charge in [0.15, 0.2) is 0 Å². The normalized spacial score (nSPS) is 18.7. The molecule has 1 aromatic carbocycles. The van der Waals surface area contributed by atoms with E-state index in [2.05, 4.69) is 0 Å². The Balaban J connectivity index is 1.70. The molecular formula is C16H18FNO.